The number of hydrogen-bond donors (Lipinski definition) is 0. The second-order valence-electron chi connectivity index (χ2n) is 2.67. The van der Waals surface area contributed by atoms with Gasteiger partial charge < -0.3 is 9.64 Å². The Labute approximate surface area is 78.1 Å². The SMILES string of the molecule is COC(=O)C#CC#CN1CCCC1. The second-order valence-corrected chi connectivity index (χ2v) is 2.67. The first kappa shape index (κ1) is 9.48. The van der Waals surface area contributed by atoms with Crippen molar-refractivity contribution in [2.24, 2.45) is 0 Å². The summed E-state index contributed by atoms with van der Waals surface area (Å²) in [7, 11) is 1.30. The van der Waals surface area contributed by atoms with Crippen LogP contribution in [0.5, 0.6) is 0 Å². The van der Waals surface area contributed by atoms with E-state index in [1.54, 1.807) is 0 Å². The predicted octanol–water partition coefficient (Wildman–Crippen LogP) is 0.220. The Morgan fingerprint density at radius 3 is 2.62 bits per heavy atom. The molecule has 0 saturated carbocycles. The highest BCUT2D eigenvalue weighted by molar-refractivity contribution is 5.88. The maximum Gasteiger partial charge on any atom is 0.385 e. The molecule has 0 bridgehead atoms. The summed E-state index contributed by atoms with van der Waals surface area (Å²) in [5.74, 6) is 6.74. The van der Waals surface area contributed by atoms with Gasteiger partial charge in [-0.15, -0.1) is 0 Å². The highest BCUT2D eigenvalue weighted by Crippen LogP contribution is 2.04. The molecule has 0 aromatic rings. The summed E-state index contributed by atoms with van der Waals surface area (Å²) < 4.78 is 4.33. The van der Waals surface area contributed by atoms with Gasteiger partial charge in [-0.25, -0.2) is 4.79 Å². The monoisotopic (exact) mass is 177 g/mol. The molecule has 3 nitrogen and oxygen atoms in total. The Balaban J connectivity index is 2.37. The molecule has 0 amide bonds. The Hall–Kier alpha value is -1.61. The Morgan fingerprint density at radius 1 is 1.31 bits per heavy atom. The number of ether oxygens (including phenoxy) is 1. The summed E-state index contributed by atoms with van der Waals surface area (Å²) in [5.41, 5.74) is 0. The van der Waals surface area contributed by atoms with Gasteiger partial charge in [-0.3, -0.25) is 0 Å². The fourth-order valence-corrected chi connectivity index (χ4v) is 1.07. The van der Waals surface area contributed by atoms with Crippen LogP contribution in [0.4, 0.5) is 0 Å². The molecule has 1 heterocycles. The van der Waals surface area contributed by atoms with Gasteiger partial charge >= 0.3 is 5.97 Å². The third-order valence-corrected chi connectivity index (χ3v) is 1.73. The van der Waals surface area contributed by atoms with E-state index >= 15 is 0 Å². The first-order valence-corrected chi connectivity index (χ1v) is 4.17. The molecule has 0 spiro atoms. The second kappa shape index (κ2) is 5.11. The first-order chi connectivity index (χ1) is 6.33. The number of likely N-dealkylation sites (tertiary alicyclic amines) is 1. The summed E-state index contributed by atoms with van der Waals surface area (Å²) in [6, 6.07) is 2.86. The molecule has 13 heavy (non-hydrogen) atoms. The molecule has 1 aliphatic heterocycles. The van der Waals surface area contributed by atoms with Gasteiger partial charge in [0, 0.05) is 31.0 Å². The number of carbonyl (C=O) groups excluding carboxylic acids is 1. The number of esters is 1. The lowest BCUT2D eigenvalue weighted by Gasteiger charge is -2.03. The summed E-state index contributed by atoms with van der Waals surface area (Å²) in [4.78, 5) is 12.5. The number of methoxy groups -OCH3 is 1. The lowest BCUT2D eigenvalue weighted by atomic mass is 10.4. The van der Waals surface area contributed by atoms with Crippen molar-refractivity contribution >= 4 is 5.97 Å². The smallest absolute Gasteiger partial charge is 0.385 e. The van der Waals surface area contributed by atoms with E-state index in [2.05, 4.69) is 28.5 Å². The molecule has 3 heteroatoms. The molecule has 0 aliphatic carbocycles. The summed E-state index contributed by atoms with van der Waals surface area (Å²) in [6.45, 7) is 2.01. The van der Waals surface area contributed by atoms with Crippen LogP contribution in [0.2, 0.25) is 0 Å². The third-order valence-electron chi connectivity index (χ3n) is 1.73. The van der Waals surface area contributed by atoms with Crippen molar-refractivity contribution in [2.45, 2.75) is 12.8 Å². The maximum absolute atomic E-state index is 10.5. The lowest BCUT2D eigenvalue weighted by molar-refractivity contribution is -0.133. The van der Waals surface area contributed by atoms with E-state index in [-0.39, 0.29) is 0 Å². The Bertz CT molecular complexity index is 294. The van der Waals surface area contributed by atoms with Crippen LogP contribution in [0.25, 0.3) is 0 Å². The van der Waals surface area contributed by atoms with Crippen molar-refractivity contribution in [2.75, 3.05) is 20.2 Å². The Kier molecular flexibility index (Phi) is 3.73. The van der Waals surface area contributed by atoms with Gasteiger partial charge in [0.05, 0.1) is 7.11 Å². The molecule has 0 aromatic carbocycles. The molecule has 0 aromatic heterocycles. The largest absolute Gasteiger partial charge is 0.459 e. The lowest BCUT2D eigenvalue weighted by Crippen LogP contribution is -2.10. The molecule has 1 rings (SSSR count). The van der Waals surface area contributed by atoms with Crippen LogP contribution in [-0.2, 0) is 9.53 Å². The number of hydrogen-bond acceptors (Lipinski definition) is 3. The zero-order chi connectivity index (χ0) is 9.52. The van der Waals surface area contributed by atoms with Crippen molar-refractivity contribution in [1.82, 2.24) is 4.90 Å². The minimum absolute atomic E-state index is 0.546. The van der Waals surface area contributed by atoms with Gasteiger partial charge in [-0.2, -0.15) is 0 Å². The average Bonchev–Trinajstić information content (AvgIpc) is 2.64. The highest BCUT2D eigenvalue weighted by Gasteiger charge is 2.05. The molecule has 0 atom stereocenters. The molecule has 68 valence electrons. The average molecular weight is 177 g/mol. The van der Waals surface area contributed by atoms with Crippen LogP contribution in [-0.4, -0.2) is 31.1 Å². The van der Waals surface area contributed by atoms with Gasteiger partial charge in [0.15, 0.2) is 0 Å². The van der Waals surface area contributed by atoms with E-state index < -0.39 is 5.97 Å². The van der Waals surface area contributed by atoms with Gasteiger partial charge in [0.2, 0.25) is 0 Å². The van der Waals surface area contributed by atoms with Crippen molar-refractivity contribution in [1.29, 1.82) is 0 Å². The van der Waals surface area contributed by atoms with Crippen molar-refractivity contribution in [3.05, 3.63) is 0 Å². The first-order valence-electron chi connectivity index (χ1n) is 4.17. The molecule has 1 fully saturated rings. The van der Waals surface area contributed by atoms with E-state index in [4.69, 9.17) is 0 Å². The van der Waals surface area contributed by atoms with E-state index in [1.807, 2.05) is 4.90 Å². The van der Waals surface area contributed by atoms with Crippen molar-refractivity contribution in [3.8, 4) is 23.8 Å². The minimum atomic E-state index is -0.546. The van der Waals surface area contributed by atoms with Gasteiger partial charge in [0.25, 0.3) is 0 Å². The molecule has 0 N–H and O–H groups in total. The summed E-state index contributed by atoms with van der Waals surface area (Å²) in [6.07, 6.45) is 2.39. The fraction of sp³-hybridized carbons (Fsp3) is 0.500. The minimum Gasteiger partial charge on any atom is -0.459 e. The summed E-state index contributed by atoms with van der Waals surface area (Å²) in [5, 5.41) is 0. The molecular formula is C10H11NO2. The topological polar surface area (TPSA) is 29.5 Å². The molecule has 1 saturated heterocycles. The maximum atomic E-state index is 10.5. The molecular weight excluding hydrogens is 166 g/mol. The van der Waals surface area contributed by atoms with Crippen molar-refractivity contribution in [3.63, 3.8) is 0 Å². The number of rotatable bonds is 0. The van der Waals surface area contributed by atoms with Crippen LogP contribution in [0.3, 0.4) is 0 Å². The zero-order valence-electron chi connectivity index (χ0n) is 7.59. The van der Waals surface area contributed by atoms with Crippen LogP contribution in [0.1, 0.15) is 12.8 Å². The number of carbonyl (C=O) groups is 1. The van der Waals surface area contributed by atoms with Gasteiger partial charge in [0.1, 0.15) is 0 Å². The zero-order valence-corrected chi connectivity index (χ0v) is 7.59. The standard InChI is InChI=1S/C10H11NO2/c1-13-10(12)6-2-3-7-11-8-4-5-9-11/h4-5,8-9H2,1H3. The van der Waals surface area contributed by atoms with Crippen LogP contribution in [0.15, 0.2) is 0 Å². The van der Waals surface area contributed by atoms with Crippen LogP contribution < -0.4 is 0 Å². The third kappa shape index (κ3) is 3.53. The predicted molar refractivity (Wildman–Crippen MR) is 48.4 cm³/mol. The number of nitrogens with zero attached hydrogens (tertiary/aromatic N) is 1. The van der Waals surface area contributed by atoms with Crippen LogP contribution in [0, 0.1) is 23.8 Å². The van der Waals surface area contributed by atoms with Crippen molar-refractivity contribution < 1.29 is 9.53 Å². The highest BCUT2D eigenvalue weighted by atomic mass is 16.5. The molecule has 0 radical (unpaired) electrons. The fourth-order valence-electron chi connectivity index (χ4n) is 1.07. The van der Waals surface area contributed by atoms with Crippen LogP contribution >= 0.6 is 0 Å². The summed E-state index contributed by atoms with van der Waals surface area (Å²) >= 11 is 0. The molecule has 1 aliphatic rings. The van der Waals surface area contributed by atoms with E-state index in [1.165, 1.54) is 20.0 Å². The van der Waals surface area contributed by atoms with E-state index in [9.17, 15) is 4.79 Å². The van der Waals surface area contributed by atoms with E-state index in [0.717, 1.165) is 13.1 Å². The Morgan fingerprint density at radius 2 is 2.00 bits per heavy atom. The van der Waals surface area contributed by atoms with Gasteiger partial charge in [-0.1, -0.05) is 0 Å². The van der Waals surface area contributed by atoms with E-state index in [0.29, 0.717) is 0 Å². The van der Waals surface area contributed by atoms with Gasteiger partial charge in [-0.05, 0) is 18.8 Å². The quantitative estimate of drug-likeness (QED) is 0.301. The normalized spacial score (nSPS) is 13.8. The molecule has 0 unspecified atom stereocenters.